The van der Waals surface area contributed by atoms with Gasteiger partial charge in [0.1, 0.15) is 0 Å². The molecule has 13 heavy (non-hydrogen) atoms. The predicted molar refractivity (Wildman–Crippen MR) is 53.8 cm³/mol. The molecule has 2 rings (SSSR count). The minimum Gasteiger partial charge on any atom is -0.266 e. The first kappa shape index (κ1) is 8.79. The number of aromatic nitrogens is 2. The topological polar surface area (TPSA) is 17.8 Å². The van der Waals surface area contributed by atoms with Crippen LogP contribution in [0.5, 0.6) is 0 Å². The van der Waals surface area contributed by atoms with Gasteiger partial charge in [-0.05, 0) is 24.8 Å². The van der Waals surface area contributed by atoms with Gasteiger partial charge in [0.2, 0.25) is 0 Å². The zero-order valence-corrected chi connectivity index (χ0v) is 8.53. The molecule has 1 saturated carbocycles. The van der Waals surface area contributed by atoms with Gasteiger partial charge in [0.25, 0.3) is 0 Å². The van der Waals surface area contributed by atoms with Crippen molar-refractivity contribution >= 4 is 0 Å². The summed E-state index contributed by atoms with van der Waals surface area (Å²) in [6.07, 6.45) is 7.33. The van der Waals surface area contributed by atoms with Crippen LogP contribution in [0.15, 0.2) is 12.3 Å². The number of hydrogen-bond donors (Lipinski definition) is 0. The zero-order valence-electron chi connectivity index (χ0n) is 8.53. The Kier molecular flexibility index (Phi) is 2.38. The third kappa shape index (κ3) is 1.62. The monoisotopic (exact) mass is 178 g/mol. The van der Waals surface area contributed by atoms with E-state index in [1.807, 2.05) is 6.20 Å². The minimum absolute atomic E-state index is 0.600. The molecule has 0 atom stereocenters. The first-order valence-electron chi connectivity index (χ1n) is 5.32. The number of hydrogen-bond acceptors (Lipinski definition) is 1. The highest BCUT2D eigenvalue weighted by Gasteiger charge is 2.20. The van der Waals surface area contributed by atoms with Crippen LogP contribution in [0.1, 0.15) is 57.2 Å². The van der Waals surface area contributed by atoms with Gasteiger partial charge in [-0.25, -0.2) is 0 Å². The van der Waals surface area contributed by atoms with Crippen LogP contribution in [0, 0.1) is 0 Å². The molecule has 0 aliphatic heterocycles. The second-order valence-electron chi connectivity index (χ2n) is 4.29. The van der Waals surface area contributed by atoms with E-state index < -0.39 is 0 Å². The van der Waals surface area contributed by atoms with E-state index in [9.17, 15) is 0 Å². The molecule has 1 aromatic rings. The summed E-state index contributed by atoms with van der Waals surface area (Å²) < 4.78 is 2.25. The molecule has 0 N–H and O–H groups in total. The smallest absolute Gasteiger partial charge is 0.0522 e. The summed E-state index contributed by atoms with van der Waals surface area (Å²) in [6.45, 7) is 4.48. The Labute approximate surface area is 80.0 Å². The fourth-order valence-corrected chi connectivity index (χ4v) is 2.24. The van der Waals surface area contributed by atoms with Gasteiger partial charge >= 0.3 is 0 Å². The Morgan fingerprint density at radius 3 is 2.69 bits per heavy atom. The van der Waals surface area contributed by atoms with Crippen molar-refractivity contribution in [1.29, 1.82) is 0 Å². The average Bonchev–Trinajstić information content (AvgIpc) is 2.74. The highest BCUT2D eigenvalue weighted by atomic mass is 15.3. The molecule has 1 aromatic heterocycles. The average molecular weight is 178 g/mol. The lowest BCUT2D eigenvalue weighted by Crippen LogP contribution is -2.11. The van der Waals surface area contributed by atoms with Crippen LogP contribution in [0.2, 0.25) is 0 Å². The van der Waals surface area contributed by atoms with Crippen molar-refractivity contribution in [2.45, 2.75) is 51.5 Å². The van der Waals surface area contributed by atoms with E-state index in [2.05, 4.69) is 29.7 Å². The molecule has 0 radical (unpaired) electrons. The lowest BCUT2D eigenvalue weighted by Gasteiger charge is -2.15. The molecule has 1 fully saturated rings. The SMILES string of the molecule is CC(C)c1ccnn1C1CCCC1. The molecule has 0 amide bonds. The van der Waals surface area contributed by atoms with Crippen molar-refractivity contribution in [3.05, 3.63) is 18.0 Å². The van der Waals surface area contributed by atoms with Crippen molar-refractivity contribution in [1.82, 2.24) is 9.78 Å². The van der Waals surface area contributed by atoms with Crippen molar-refractivity contribution in [3.63, 3.8) is 0 Å². The molecule has 0 spiro atoms. The standard InChI is InChI=1S/C11H18N2/c1-9(2)11-7-8-12-13(11)10-5-3-4-6-10/h7-10H,3-6H2,1-2H3. The summed E-state index contributed by atoms with van der Waals surface area (Å²) >= 11 is 0. The molecule has 1 aliphatic rings. The van der Waals surface area contributed by atoms with Crippen LogP contribution in [-0.4, -0.2) is 9.78 Å². The van der Waals surface area contributed by atoms with E-state index >= 15 is 0 Å². The Bertz CT molecular complexity index is 269. The number of rotatable bonds is 2. The Morgan fingerprint density at radius 1 is 1.38 bits per heavy atom. The van der Waals surface area contributed by atoms with Crippen LogP contribution in [0.25, 0.3) is 0 Å². The van der Waals surface area contributed by atoms with Gasteiger partial charge in [-0.2, -0.15) is 5.10 Å². The molecular weight excluding hydrogens is 160 g/mol. The molecule has 72 valence electrons. The van der Waals surface area contributed by atoms with Crippen molar-refractivity contribution in [3.8, 4) is 0 Å². The Morgan fingerprint density at radius 2 is 2.08 bits per heavy atom. The fraction of sp³-hybridized carbons (Fsp3) is 0.727. The maximum absolute atomic E-state index is 4.44. The van der Waals surface area contributed by atoms with Crippen LogP contribution in [0.4, 0.5) is 0 Å². The molecule has 0 unspecified atom stereocenters. The highest BCUT2D eigenvalue weighted by Crippen LogP contribution is 2.31. The van der Waals surface area contributed by atoms with Crippen LogP contribution < -0.4 is 0 Å². The molecular formula is C11H18N2. The normalized spacial score (nSPS) is 18.7. The van der Waals surface area contributed by atoms with E-state index in [0.717, 1.165) is 0 Å². The fourth-order valence-electron chi connectivity index (χ4n) is 2.24. The molecule has 1 aliphatic carbocycles. The van der Waals surface area contributed by atoms with E-state index in [-0.39, 0.29) is 0 Å². The van der Waals surface area contributed by atoms with Crippen LogP contribution in [-0.2, 0) is 0 Å². The maximum atomic E-state index is 4.44. The summed E-state index contributed by atoms with van der Waals surface area (Å²) in [4.78, 5) is 0. The minimum atomic E-state index is 0.600. The van der Waals surface area contributed by atoms with Gasteiger partial charge in [-0.15, -0.1) is 0 Å². The lowest BCUT2D eigenvalue weighted by molar-refractivity contribution is 0.442. The summed E-state index contributed by atoms with van der Waals surface area (Å²) in [5.41, 5.74) is 1.40. The van der Waals surface area contributed by atoms with Crippen molar-refractivity contribution in [2.75, 3.05) is 0 Å². The maximum Gasteiger partial charge on any atom is 0.0522 e. The first-order valence-corrected chi connectivity index (χ1v) is 5.32. The largest absolute Gasteiger partial charge is 0.266 e. The second-order valence-corrected chi connectivity index (χ2v) is 4.29. The summed E-state index contributed by atoms with van der Waals surface area (Å²) in [6, 6.07) is 2.84. The van der Waals surface area contributed by atoms with Crippen LogP contribution >= 0.6 is 0 Å². The van der Waals surface area contributed by atoms with Crippen molar-refractivity contribution < 1.29 is 0 Å². The molecule has 0 aromatic carbocycles. The third-order valence-electron chi connectivity index (χ3n) is 2.96. The third-order valence-corrected chi connectivity index (χ3v) is 2.96. The van der Waals surface area contributed by atoms with Gasteiger partial charge < -0.3 is 0 Å². The zero-order chi connectivity index (χ0) is 9.26. The molecule has 0 saturated heterocycles. The Balaban J connectivity index is 2.23. The predicted octanol–water partition coefficient (Wildman–Crippen LogP) is 3.12. The molecule has 2 heteroatoms. The van der Waals surface area contributed by atoms with E-state index in [1.165, 1.54) is 31.4 Å². The van der Waals surface area contributed by atoms with Crippen LogP contribution in [0.3, 0.4) is 0 Å². The first-order chi connectivity index (χ1) is 6.29. The van der Waals surface area contributed by atoms with Gasteiger partial charge in [0, 0.05) is 11.9 Å². The molecule has 0 bridgehead atoms. The van der Waals surface area contributed by atoms with E-state index in [4.69, 9.17) is 0 Å². The summed E-state index contributed by atoms with van der Waals surface area (Å²) in [5.74, 6) is 0.600. The summed E-state index contributed by atoms with van der Waals surface area (Å²) in [5, 5.41) is 4.44. The van der Waals surface area contributed by atoms with Crippen molar-refractivity contribution in [2.24, 2.45) is 0 Å². The molecule has 1 heterocycles. The lowest BCUT2D eigenvalue weighted by atomic mass is 10.1. The Hall–Kier alpha value is -0.790. The highest BCUT2D eigenvalue weighted by molar-refractivity contribution is 5.07. The van der Waals surface area contributed by atoms with Gasteiger partial charge in [-0.3, -0.25) is 4.68 Å². The second kappa shape index (κ2) is 3.52. The van der Waals surface area contributed by atoms with Gasteiger partial charge in [0.05, 0.1) is 6.04 Å². The van der Waals surface area contributed by atoms with E-state index in [0.29, 0.717) is 12.0 Å². The number of nitrogens with zero attached hydrogens (tertiary/aromatic N) is 2. The van der Waals surface area contributed by atoms with Gasteiger partial charge in [-0.1, -0.05) is 26.7 Å². The van der Waals surface area contributed by atoms with E-state index in [1.54, 1.807) is 0 Å². The quantitative estimate of drug-likeness (QED) is 0.680. The van der Waals surface area contributed by atoms with Gasteiger partial charge in [0.15, 0.2) is 0 Å². The summed E-state index contributed by atoms with van der Waals surface area (Å²) in [7, 11) is 0. The molecule has 2 nitrogen and oxygen atoms in total.